The highest BCUT2D eigenvalue weighted by atomic mass is 32.1. The second-order valence-corrected chi connectivity index (χ2v) is 3.97. The second kappa shape index (κ2) is 29.6. The van der Waals surface area contributed by atoms with Crippen LogP contribution in [0.5, 0.6) is 0 Å². The molecule has 0 bridgehead atoms. The average molecular weight is 356 g/mol. The van der Waals surface area contributed by atoms with Crippen LogP contribution in [0.4, 0.5) is 0 Å². The molecule has 0 aliphatic heterocycles. The maximum absolute atomic E-state index is 11.0. The van der Waals surface area contributed by atoms with Crippen molar-refractivity contribution < 1.29 is 23.7 Å². The van der Waals surface area contributed by atoms with Crippen LogP contribution in [0.3, 0.4) is 0 Å². The molecule has 0 radical (unpaired) electrons. The Bertz CT molecular complexity index is 209. The van der Waals surface area contributed by atoms with E-state index in [4.69, 9.17) is 14.2 Å². The zero-order valence-electron chi connectivity index (χ0n) is 15.6. The smallest absolute Gasteiger partial charge is 0.246 e. The molecular formula is C16H37NO5S. The standard InChI is InChI=1S/C13H27NO5.C2H6.CH4S/c1-3-4-6-17-8-10-19-11-9-18-7-5-14-13(15)12-16-2;2*1-2/h3-12H2,1-2H3,(H,14,15);1-2H3;2H,1H3. The monoisotopic (exact) mass is 355 g/mol. The molecule has 23 heavy (non-hydrogen) atoms. The summed E-state index contributed by atoms with van der Waals surface area (Å²) in [4.78, 5) is 11.0. The van der Waals surface area contributed by atoms with Gasteiger partial charge in [-0.2, -0.15) is 12.6 Å². The number of unbranched alkanes of at least 4 members (excludes halogenated alkanes) is 1. The quantitative estimate of drug-likeness (QED) is 0.369. The summed E-state index contributed by atoms with van der Waals surface area (Å²) in [5.74, 6) is -0.133. The van der Waals surface area contributed by atoms with E-state index in [9.17, 15) is 4.79 Å². The molecule has 0 aliphatic rings. The number of thiol groups is 1. The molecule has 0 unspecified atom stereocenters. The maximum Gasteiger partial charge on any atom is 0.246 e. The first kappa shape index (κ1) is 27.5. The van der Waals surface area contributed by atoms with Crippen LogP contribution >= 0.6 is 12.6 Å². The molecule has 0 rings (SSSR count). The lowest BCUT2D eigenvalue weighted by molar-refractivity contribution is -0.125. The molecule has 0 atom stereocenters. The maximum atomic E-state index is 11.0. The van der Waals surface area contributed by atoms with Crippen LogP contribution in [-0.2, 0) is 23.7 Å². The molecule has 0 aromatic rings. The van der Waals surface area contributed by atoms with Gasteiger partial charge in [-0.15, -0.1) is 0 Å². The van der Waals surface area contributed by atoms with Gasteiger partial charge in [-0.25, -0.2) is 0 Å². The molecule has 1 amide bonds. The summed E-state index contributed by atoms with van der Waals surface area (Å²) in [5, 5.41) is 2.66. The van der Waals surface area contributed by atoms with Crippen LogP contribution in [0.15, 0.2) is 0 Å². The van der Waals surface area contributed by atoms with Gasteiger partial charge in [-0.3, -0.25) is 4.79 Å². The largest absolute Gasteiger partial charge is 0.379 e. The summed E-state index contributed by atoms with van der Waals surface area (Å²) in [7, 11) is 1.49. The third-order valence-corrected chi connectivity index (χ3v) is 2.23. The Morgan fingerprint density at radius 1 is 0.913 bits per heavy atom. The third-order valence-electron chi connectivity index (χ3n) is 2.23. The molecule has 7 heteroatoms. The minimum atomic E-state index is -0.133. The molecule has 0 heterocycles. The molecular weight excluding hydrogens is 318 g/mol. The van der Waals surface area contributed by atoms with Gasteiger partial charge in [-0.05, 0) is 12.7 Å². The number of methoxy groups -OCH3 is 1. The zero-order chi connectivity index (χ0) is 18.2. The van der Waals surface area contributed by atoms with E-state index in [1.54, 1.807) is 6.26 Å². The van der Waals surface area contributed by atoms with Crippen LogP contribution in [-0.4, -0.2) is 72.1 Å². The lowest BCUT2D eigenvalue weighted by Crippen LogP contribution is -2.30. The molecule has 6 nitrogen and oxygen atoms in total. The van der Waals surface area contributed by atoms with Gasteiger partial charge in [-0.1, -0.05) is 27.2 Å². The Morgan fingerprint density at radius 3 is 1.87 bits per heavy atom. The fourth-order valence-corrected chi connectivity index (χ4v) is 1.23. The van der Waals surface area contributed by atoms with Crippen LogP contribution in [0.25, 0.3) is 0 Å². The van der Waals surface area contributed by atoms with E-state index >= 15 is 0 Å². The van der Waals surface area contributed by atoms with Crippen molar-refractivity contribution in [3.63, 3.8) is 0 Å². The number of amides is 1. The summed E-state index contributed by atoms with van der Waals surface area (Å²) in [5.41, 5.74) is 0. The molecule has 142 valence electrons. The molecule has 0 saturated heterocycles. The molecule has 1 N–H and O–H groups in total. The van der Waals surface area contributed by atoms with Gasteiger partial charge >= 0.3 is 0 Å². The fraction of sp³-hybridized carbons (Fsp3) is 0.938. The van der Waals surface area contributed by atoms with Gasteiger partial charge in [0.15, 0.2) is 0 Å². The predicted molar refractivity (Wildman–Crippen MR) is 98.5 cm³/mol. The Hall–Kier alpha value is -0.340. The topological polar surface area (TPSA) is 66.0 Å². The van der Waals surface area contributed by atoms with E-state index in [1.807, 2.05) is 13.8 Å². The minimum absolute atomic E-state index is 0.0845. The van der Waals surface area contributed by atoms with Gasteiger partial charge in [0, 0.05) is 20.3 Å². The van der Waals surface area contributed by atoms with Crippen LogP contribution < -0.4 is 5.32 Å². The van der Waals surface area contributed by atoms with Crippen molar-refractivity contribution in [1.82, 2.24) is 5.32 Å². The van der Waals surface area contributed by atoms with Crippen LogP contribution in [0, 0.1) is 0 Å². The number of carbonyl (C=O) groups excluding carboxylic acids is 1. The van der Waals surface area contributed by atoms with Crippen molar-refractivity contribution in [2.75, 3.05) is 66.2 Å². The van der Waals surface area contributed by atoms with Gasteiger partial charge in [0.05, 0.1) is 33.0 Å². The molecule has 0 aromatic heterocycles. The summed E-state index contributed by atoms with van der Waals surface area (Å²) in [6, 6.07) is 0. The van der Waals surface area contributed by atoms with E-state index in [0.717, 1.165) is 19.4 Å². The van der Waals surface area contributed by atoms with Crippen molar-refractivity contribution in [2.24, 2.45) is 0 Å². The average Bonchev–Trinajstić information content (AvgIpc) is 2.60. The number of nitrogens with one attached hydrogen (secondary N) is 1. The number of rotatable bonds is 14. The summed E-state index contributed by atoms with van der Waals surface area (Å²) in [6.45, 7) is 10.3. The van der Waals surface area contributed by atoms with Crippen LogP contribution in [0.1, 0.15) is 33.6 Å². The van der Waals surface area contributed by atoms with Crippen molar-refractivity contribution >= 4 is 18.5 Å². The normalized spacial score (nSPS) is 9.30. The molecule has 0 aromatic carbocycles. The first-order chi connectivity index (χ1) is 11.3. The Balaban J connectivity index is -0.000000919. The lowest BCUT2D eigenvalue weighted by Gasteiger charge is -2.07. The van der Waals surface area contributed by atoms with Crippen molar-refractivity contribution in [3.8, 4) is 0 Å². The summed E-state index contributed by atoms with van der Waals surface area (Å²) < 4.78 is 20.6. The Morgan fingerprint density at radius 2 is 1.39 bits per heavy atom. The number of ether oxygens (including phenoxy) is 4. The molecule has 0 fully saturated rings. The van der Waals surface area contributed by atoms with Crippen molar-refractivity contribution in [3.05, 3.63) is 0 Å². The predicted octanol–water partition coefficient (Wildman–Crippen LogP) is 2.17. The Labute approximate surface area is 148 Å². The Kier molecular flexibility index (Phi) is 35.5. The molecule has 0 saturated carbocycles. The number of hydrogen-bond acceptors (Lipinski definition) is 6. The van der Waals surface area contributed by atoms with Gasteiger partial charge in [0.25, 0.3) is 0 Å². The SMILES string of the molecule is CC.CCCCOCCOCCOCCNC(=O)COC.CS. The second-order valence-electron chi connectivity index (χ2n) is 3.97. The highest BCUT2D eigenvalue weighted by Gasteiger charge is 1.97. The zero-order valence-corrected chi connectivity index (χ0v) is 16.5. The van der Waals surface area contributed by atoms with E-state index in [-0.39, 0.29) is 12.5 Å². The van der Waals surface area contributed by atoms with E-state index in [0.29, 0.717) is 39.6 Å². The van der Waals surface area contributed by atoms with Gasteiger partial charge in [0.1, 0.15) is 6.61 Å². The van der Waals surface area contributed by atoms with Gasteiger partial charge in [0.2, 0.25) is 5.91 Å². The van der Waals surface area contributed by atoms with Crippen molar-refractivity contribution in [1.29, 1.82) is 0 Å². The summed E-state index contributed by atoms with van der Waals surface area (Å²) in [6.07, 6.45) is 3.94. The first-order valence-electron chi connectivity index (χ1n) is 8.24. The molecule has 0 aliphatic carbocycles. The van der Waals surface area contributed by atoms with Gasteiger partial charge < -0.3 is 24.3 Å². The highest BCUT2D eigenvalue weighted by Crippen LogP contribution is 1.87. The lowest BCUT2D eigenvalue weighted by atomic mass is 10.4. The van der Waals surface area contributed by atoms with E-state index < -0.39 is 0 Å². The van der Waals surface area contributed by atoms with E-state index in [2.05, 4.69) is 29.6 Å². The molecule has 0 spiro atoms. The first-order valence-corrected chi connectivity index (χ1v) is 9.14. The number of hydrogen-bond donors (Lipinski definition) is 2. The summed E-state index contributed by atoms with van der Waals surface area (Å²) >= 11 is 3.53. The third kappa shape index (κ3) is 30.2. The number of carbonyl (C=O) groups is 1. The highest BCUT2D eigenvalue weighted by molar-refractivity contribution is 7.79. The van der Waals surface area contributed by atoms with E-state index in [1.165, 1.54) is 7.11 Å². The van der Waals surface area contributed by atoms with Crippen LogP contribution in [0.2, 0.25) is 0 Å². The van der Waals surface area contributed by atoms with Crippen molar-refractivity contribution in [2.45, 2.75) is 33.6 Å². The fourth-order valence-electron chi connectivity index (χ4n) is 1.23. The minimum Gasteiger partial charge on any atom is -0.379 e.